The van der Waals surface area contributed by atoms with Gasteiger partial charge in [-0.1, -0.05) is 60.6 Å². The number of hydrogen-bond acceptors (Lipinski definition) is 6. The van der Waals surface area contributed by atoms with Gasteiger partial charge in [-0.3, -0.25) is 4.79 Å². The Morgan fingerprint density at radius 3 is 2.59 bits per heavy atom. The summed E-state index contributed by atoms with van der Waals surface area (Å²) in [5.41, 5.74) is 1.61. The van der Waals surface area contributed by atoms with Gasteiger partial charge in [0.15, 0.2) is 17.3 Å². The zero-order valence-electron chi connectivity index (χ0n) is 17.7. The van der Waals surface area contributed by atoms with Crippen molar-refractivity contribution in [2.75, 3.05) is 13.7 Å². The first-order chi connectivity index (χ1) is 15.6. The van der Waals surface area contributed by atoms with Gasteiger partial charge in [0.1, 0.15) is 0 Å². The molecule has 2 aromatic heterocycles. The van der Waals surface area contributed by atoms with E-state index in [0.717, 1.165) is 24.0 Å². The molecule has 0 unspecified atom stereocenters. The van der Waals surface area contributed by atoms with Crippen LogP contribution in [0, 0.1) is 0 Å². The molecular formula is C24H22ClN3O3S. The highest BCUT2D eigenvalue weighted by molar-refractivity contribution is 7.15. The van der Waals surface area contributed by atoms with Crippen LogP contribution in [0.2, 0.25) is 5.02 Å². The number of benzene rings is 2. The third kappa shape index (κ3) is 5.00. The fourth-order valence-electron chi connectivity index (χ4n) is 3.04. The maximum atomic E-state index is 12.8. The third-order valence-corrected chi connectivity index (χ3v) is 5.95. The Bertz CT molecular complexity index is 1360. The lowest BCUT2D eigenvalue weighted by molar-refractivity contribution is 0.288. The molecule has 0 aliphatic carbocycles. The van der Waals surface area contributed by atoms with Gasteiger partial charge in [-0.25, -0.2) is 0 Å². The number of rotatable bonds is 8. The monoisotopic (exact) mass is 467 g/mol. The zero-order chi connectivity index (χ0) is 22.5. The minimum absolute atomic E-state index is 0.203. The number of hydrogen-bond donors (Lipinski definition) is 0. The summed E-state index contributed by atoms with van der Waals surface area (Å²) >= 11 is 7.20. The zero-order valence-corrected chi connectivity index (χ0v) is 19.3. The largest absolute Gasteiger partial charge is 0.493 e. The van der Waals surface area contributed by atoms with Crippen molar-refractivity contribution in [3.8, 4) is 11.5 Å². The van der Waals surface area contributed by atoms with Crippen molar-refractivity contribution < 1.29 is 9.47 Å². The molecule has 0 saturated heterocycles. The van der Waals surface area contributed by atoms with E-state index < -0.39 is 0 Å². The molecule has 0 atom stereocenters. The Morgan fingerprint density at radius 2 is 1.88 bits per heavy atom. The molecule has 32 heavy (non-hydrogen) atoms. The van der Waals surface area contributed by atoms with Gasteiger partial charge in [0.05, 0.1) is 18.2 Å². The molecule has 4 aromatic rings. The van der Waals surface area contributed by atoms with Crippen LogP contribution in [0.3, 0.4) is 0 Å². The minimum Gasteiger partial charge on any atom is -0.493 e. The highest BCUT2D eigenvalue weighted by Crippen LogP contribution is 2.28. The predicted octanol–water partition coefficient (Wildman–Crippen LogP) is 4.71. The molecule has 0 N–H and O–H groups in total. The number of methoxy groups -OCH3 is 1. The van der Waals surface area contributed by atoms with E-state index in [2.05, 4.69) is 17.0 Å². The van der Waals surface area contributed by atoms with E-state index in [9.17, 15) is 4.79 Å². The number of unbranched alkanes of at least 4 members (excludes halogenated alkanes) is 1. The number of aromatic nitrogens is 3. The van der Waals surface area contributed by atoms with Crippen molar-refractivity contribution in [1.29, 1.82) is 0 Å². The van der Waals surface area contributed by atoms with E-state index in [1.165, 1.54) is 15.9 Å². The number of halogens is 1. The van der Waals surface area contributed by atoms with E-state index >= 15 is 0 Å². The molecule has 0 aliphatic rings. The highest BCUT2D eigenvalue weighted by Gasteiger charge is 2.10. The van der Waals surface area contributed by atoms with Gasteiger partial charge in [0.2, 0.25) is 4.96 Å². The lowest BCUT2D eigenvalue weighted by Crippen LogP contribution is -2.23. The Balaban J connectivity index is 1.58. The van der Waals surface area contributed by atoms with Crippen molar-refractivity contribution in [1.82, 2.24) is 14.6 Å². The maximum absolute atomic E-state index is 12.8. The van der Waals surface area contributed by atoms with E-state index in [-0.39, 0.29) is 5.56 Å². The third-order valence-electron chi connectivity index (χ3n) is 4.73. The molecule has 0 aliphatic heterocycles. The number of ether oxygens (including phenoxy) is 2. The first-order valence-electron chi connectivity index (χ1n) is 10.2. The lowest BCUT2D eigenvalue weighted by atomic mass is 10.2. The second-order valence-corrected chi connectivity index (χ2v) is 8.52. The molecule has 0 saturated carbocycles. The van der Waals surface area contributed by atoms with Crippen LogP contribution in [0.15, 0.2) is 47.3 Å². The van der Waals surface area contributed by atoms with Crippen molar-refractivity contribution in [2.24, 2.45) is 0 Å². The van der Waals surface area contributed by atoms with Gasteiger partial charge in [0, 0.05) is 5.02 Å². The summed E-state index contributed by atoms with van der Waals surface area (Å²) in [6.45, 7) is 2.76. The Morgan fingerprint density at radius 1 is 1.09 bits per heavy atom. The fraction of sp³-hybridized carbons (Fsp3) is 0.208. The van der Waals surface area contributed by atoms with Crippen LogP contribution in [0.1, 0.15) is 36.7 Å². The van der Waals surface area contributed by atoms with Crippen LogP contribution < -0.4 is 19.6 Å². The average Bonchev–Trinajstić information content (AvgIpc) is 3.33. The second kappa shape index (κ2) is 9.97. The molecule has 164 valence electrons. The van der Waals surface area contributed by atoms with Gasteiger partial charge in [-0.05, 0) is 54.0 Å². The molecular weight excluding hydrogens is 446 g/mol. The summed E-state index contributed by atoms with van der Waals surface area (Å²) in [7, 11) is 1.60. The molecule has 2 aromatic carbocycles. The summed E-state index contributed by atoms with van der Waals surface area (Å²) in [5, 5.41) is 5.00. The SMILES string of the molecule is CCCCOc1ccc(/C=c2\sc3nc(/C=C/c4ccc(Cl)cc4)nn3c2=O)cc1OC. The van der Waals surface area contributed by atoms with E-state index in [4.69, 9.17) is 21.1 Å². The van der Waals surface area contributed by atoms with Gasteiger partial charge in [-0.15, -0.1) is 5.10 Å². The lowest BCUT2D eigenvalue weighted by Gasteiger charge is -2.10. The van der Waals surface area contributed by atoms with Crippen LogP contribution >= 0.6 is 22.9 Å². The van der Waals surface area contributed by atoms with Gasteiger partial charge in [-0.2, -0.15) is 9.50 Å². The molecule has 0 bridgehead atoms. The highest BCUT2D eigenvalue weighted by atomic mass is 35.5. The summed E-state index contributed by atoms with van der Waals surface area (Å²) < 4.78 is 13.1. The van der Waals surface area contributed by atoms with Gasteiger partial charge < -0.3 is 9.47 Å². The molecule has 6 nitrogen and oxygen atoms in total. The van der Waals surface area contributed by atoms with E-state index in [1.807, 2.05) is 54.6 Å². The van der Waals surface area contributed by atoms with Crippen LogP contribution in [0.5, 0.6) is 11.5 Å². The van der Waals surface area contributed by atoms with E-state index in [0.29, 0.717) is 38.4 Å². The van der Waals surface area contributed by atoms with Crippen molar-refractivity contribution >= 4 is 46.1 Å². The summed E-state index contributed by atoms with van der Waals surface area (Å²) in [6, 6.07) is 13.1. The minimum atomic E-state index is -0.203. The normalized spacial score (nSPS) is 12.2. The standard InChI is InChI=1S/C24H22ClN3O3S/c1-3-4-13-31-19-11-7-17(14-20(19)30-2)15-21-23(29)28-24(32-21)26-22(27-28)12-8-16-5-9-18(25)10-6-16/h5-12,14-15H,3-4,13H2,1-2H3/b12-8+,21-15-. The second-order valence-electron chi connectivity index (χ2n) is 7.08. The smallest absolute Gasteiger partial charge is 0.291 e. The molecule has 0 spiro atoms. The summed E-state index contributed by atoms with van der Waals surface area (Å²) in [5.74, 6) is 1.81. The van der Waals surface area contributed by atoms with Gasteiger partial charge in [0.25, 0.3) is 5.56 Å². The van der Waals surface area contributed by atoms with Crippen LogP contribution in [0.4, 0.5) is 0 Å². The predicted molar refractivity (Wildman–Crippen MR) is 130 cm³/mol. The number of nitrogens with zero attached hydrogens (tertiary/aromatic N) is 3. The number of thiazole rings is 1. The van der Waals surface area contributed by atoms with Crippen molar-refractivity contribution in [3.05, 3.63) is 79.3 Å². The molecule has 8 heteroatoms. The Kier molecular flexibility index (Phi) is 6.87. The number of fused-ring (bicyclic) bond motifs is 1. The Hall–Kier alpha value is -3.16. The van der Waals surface area contributed by atoms with Gasteiger partial charge >= 0.3 is 0 Å². The Labute approximate surface area is 194 Å². The molecule has 4 rings (SSSR count). The topological polar surface area (TPSA) is 65.7 Å². The molecule has 0 radical (unpaired) electrons. The average molecular weight is 468 g/mol. The fourth-order valence-corrected chi connectivity index (χ4v) is 4.08. The first kappa shape index (κ1) is 22.0. The quantitative estimate of drug-likeness (QED) is 0.351. The summed E-state index contributed by atoms with van der Waals surface area (Å²) in [4.78, 5) is 17.8. The first-order valence-corrected chi connectivity index (χ1v) is 11.4. The molecule has 0 fully saturated rings. The van der Waals surface area contributed by atoms with Crippen molar-refractivity contribution in [2.45, 2.75) is 19.8 Å². The van der Waals surface area contributed by atoms with Crippen LogP contribution in [-0.2, 0) is 0 Å². The van der Waals surface area contributed by atoms with E-state index in [1.54, 1.807) is 13.2 Å². The molecule has 2 heterocycles. The maximum Gasteiger partial charge on any atom is 0.291 e. The van der Waals surface area contributed by atoms with Crippen LogP contribution in [-0.4, -0.2) is 28.3 Å². The van der Waals surface area contributed by atoms with Crippen molar-refractivity contribution in [3.63, 3.8) is 0 Å². The van der Waals surface area contributed by atoms with Crippen LogP contribution in [0.25, 0.3) is 23.2 Å². The summed E-state index contributed by atoms with van der Waals surface area (Å²) in [6.07, 6.45) is 7.51. The molecule has 0 amide bonds.